The van der Waals surface area contributed by atoms with Gasteiger partial charge in [-0.05, 0) is 35.4 Å². The van der Waals surface area contributed by atoms with Crippen LogP contribution in [0, 0.1) is 0 Å². The lowest BCUT2D eigenvalue weighted by Crippen LogP contribution is -2.25. The second-order valence-electron chi connectivity index (χ2n) is 4.45. The summed E-state index contributed by atoms with van der Waals surface area (Å²) in [6.07, 6.45) is 0.779. The number of aromatic nitrogens is 4. The molecule has 0 radical (unpaired) electrons. The number of nitrogens with one attached hydrogen (secondary N) is 2. The summed E-state index contributed by atoms with van der Waals surface area (Å²) in [5.74, 6) is -0.427. The first-order valence-corrected chi connectivity index (χ1v) is 6.11. The van der Waals surface area contributed by atoms with Gasteiger partial charge in [-0.25, -0.2) is 0 Å². The first kappa shape index (κ1) is 12.3. The Labute approximate surface area is 114 Å². The van der Waals surface area contributed by atoms with Gasteiger partial charge in [-0.1, -0.05) is 0 Å². The molecule has 102 valence electrons. The molecule has 0 unspecified atom stereocenters. The van der Waals surface area contributed by atoms with Crippen LogP contribution in [0.4, 0.5) is 11.4 Å². The first-order chi connectivity index (χ1) is 9.65. The minimum Gasteiger partial charge on any atom is -0.319 e. The predicted molar refractivity (Wildman–Crippen MR) is 70.3 cm³/mol. The fourth-order valence-corrected chi connectivity index (χ4v) is 2.25. The second kappa shape index (κ2) is 4.72. The highest BCUT2D eigenvalue weighted by Gasteiger charge is 2.22. The number of hydrogen-bond acceptors (Lipinski definition) is 5. The van der Waals surface area contributed by atoms with Crippen molar-refractivity contribution in [3.8, 4) is 0 Å². The van der Waals surface area contributed by atoms with E-state index >= 15 is 0 Å². The van der Waals surface area contributed by atoms with Crippen molar-refractivity contribution in [2.24, 2.45) is 0 Å². The number of fused-ring (bicyclic) bond motifs is 1. The third-order valence-corrected chi connectivity index (χ3v) is 3.16. The quantitative estimate of drug-likeness (QED) is 0.821. The Balaban J connectivity index is 1.80. The van der Waals surface area contributed by atoms with Gasteiger partial charge in [-0.3, -0.25) is 9.59 Å². The number of carbonyl (C=O) groups excluding carboxylic acids is 2. The molecule has 8 heteroatoms. The van der Waals surface area contributed by atoms with E-state index in [1.165, 1.54) is 0 Å². The molecule has 0 atom stereocenters. The number of nitrogens with zero attached hydrogens (tertiary/aromatic N) is 4. The van der Waals surface area contributed by atoms with Gasteiger partial charge in [0.1, 0.15) is 0 Å². The van der Waals surface area contributed by atoms with E-state index in [0.29, 0.717) is 12.2 Å². The zero-order valence-corrected chi connectivity index (χ0v) is 10.8. The van der Waals surface area contributed by atoms with Crippen LogP contribution >= 0.6 is 0 Å². The summed E-state index contributed by atoms with van der Waals surface area (Å²) >= 11 is 0. The molecule has 1 aromatic heterocycles. The van der Waals surface area contributed by atoms with E-state index in [9.17, 15) is 9.59 Å². The van der Waals surface area contributed by atoms with Crippen LogP contribution in [-0.4, -0.2) is 39.0 Å². The number of tetrazole rings is 1. The molecular weight excluding hydrogens is 260 g/mol. The van der Waals surface area contributed by atoms with Crippen LogP contribution in [0.2, 0.25) is 0 Å². The van der Waals surface area contributed by atoms with E-state index in [0.717, 1.165) is 17.7 Å². The smallest absolute Gasteiger partial charge is 0.297 e. The molecule has 2 aromatic rings. The molecule has 2 amide bonds. The molecule has 8 nitrogen and oxygen atoms in total. The van der Waals surface area contributed by atoms with Crippen LogP contribution < -0.4 is 10.2 Å². The number of H-pyrrole nitrogens is 1. The van der Waals surface area contributed by atoms with E-state index in [4.69, 9.17) is 0 Å². The van der Waals surface area contributed by atoms with Crippen molar-refractivity contribution in [3.05, 3.63) is 29.6 Å². The van der Waals surface area contributed by atoms with E-state index in [-0.39, 0.29) is 11.7 Å². The number of benzene rings is 1. The Morgan fingerprint density at radius 1 is 1.40 bits per heavy atom. The monoisotopic (exact) mass is 272 g/mol. The Bertz CT molecular complexity index is 667. The fourth-order valence-electron chi connectivity index (χ4n) is 2.25. The molecule has 2 heterocycles. The molecule has 0 bridgehead atoms. The molecule has 0 saturated heterocycles. The lowest BCUT2D eigenvalue weighted by atomic mass is 10.1. The molecule has 0 aliphatic carbocycles. The van der Waals surface area contributed by atoms with Crippen molar-refractivity contribution in [2.75, 3.05) is 16.8 Å². The van der Waals surface area contributed by atoms with Gasteiger partial charge >= 0.3 is 0 Å². The summed E-state index contributed by atoms with van der Waals surface area (Å²) in [7, 11) is 0. The summed E-state index contributed by atoms with van der Waals surface area (Å²) in [6, 6.07) is 5.43. The maximum Gasteiger partial charge on any atom is 0.297 e. The Morgan fingerprint density at radius 2 is 2.25 bits per heavy atom. The van der Waals surface area contributed by atoms with Gasteiger partial charge in [0.15, 0.2) is 0 Å². The van der Waals surface area contributed by atoms with Gasteiger partial charge in [-0.2, -0.15) is 5.21 Å². The first-order valence-electron chi connectivity index (χ1n) is 6.11. The third kappa shape index (κ3) is 2.11. The minimum atomic E-state index is -0.430. The Morgan fingerprint density at radius 3 is 2.95 bits per heavy atom. The zero-order valence-electron chi connectivity index (χ0n) is 10.8. The molecular formula is C12H12N6O2. The Kier molecular flexibility index (Phi) is 2.90. The Hall–Kier alpha value is -2.77. The standard InChI is InChI=1S/C12H12N6O2/c1-7(19)18-5-4-8-6-9(2-3-10(8)18)13-12(20)11-14-16-17-15-11/h2-3,6H,4-5H2,1H3,(H,13,20)(H,14,15,16,17). The predicted octanol–water partition coefficient (Wildman–Crippen LogP) is 0.361. The SMILES string of the molecule is CC(=O)N1CCc2cc(NC(=O)c3nn[nH]n3)ccc21. The van der Waals surface area contributed by atoms with Gasteiger partial charge in [0.25, 0.3) is 11.7 Å². The normalized spacial score (nSPS) is 13.2. The van der Waals surface area contributed by atoms with Crippen LogP contribution in [0.15, 0.2) is 18.2 Å². The van der Waals surface area contributed by atoms with E-state index in [1.54, 1.807) is 17.9 Å². The molecule has 3 rings (SSSR count). The molecule has 1 aliphatic heterocycles. The van der Waals surface area contributed by atoms with Crippen LogP contribution in [-0.2, 0) is 11.2 Å². The molecule has 20 heavy (non-hydrogen) atoms. The summed E-state index contributed by atoms with van der Waals surface area (Å²) in [4.78, 5) is 25.0. The summed E-state index contributed by atoms with van der Waals surface area (Å²) in [5.41, 5.74) is 2.57. The number of anilines is 2. The van der Waals surface area contributed by atoms with Crippen LogP contribution in [0.1, 0.15) is 23.1 Å². The highest BCUT2D eigenvalue weighted by atomic mass is 16.2. The number of hydrogen-bond donors (Lipinski definition) is 2. The van der Waals surface area contributed by atoms with E-state index in [1.807, 2.05) is 12.1 Å². The number of aromatic amines is 1. The molecule has 1 aliphatic rings. The molecule has 0 saturated carbocycles. The zero-order chi connectivity index (χ0) is 14.1. The topological polar surface area (TPSA) is 104 Å². The minimum absolute atomic E-state index is 0.0177. The summed E-state index contributed by atoms with van der Waals surface area (Å²) < 4.78 is 0. The fraction of sp³-hybridized carbons (Fsp3) is 0.250. The number of rotatable bonds is 2. The number of carbonyl (C=O) groups is 2. The molecule has 2 N–H and O–H groups in total. The largest absolute Gasteiger partial charge is 0.319 e. The van der Waals surface area contributed by atoms with Gasteiger partial charge in [-0.15, -0.1) is 10.2 Å². The third-order valence-electron chi connectivity index (χ3n) is 3.16. The highest BCUT2D eigenvalue weighted by molar-refractivity contribution is 6.02. The van der Waals surface area contributed by atoms with Gasteiger partial charge < -0.3 is 10.2 Å². The molecule has 1 aromatic carbocycles. The van der Waals surface area contributed by atoms with Gasteiger partial charge in [0, 0.05) is 24.8 Å². The van der Waals surface area contributed by atoms with Crippen LogP contribution in [0.5, 0.6) is 0 Å². The van der Waals surface area contributed by atoms with E-state index < -0.39 is 5.91 Å². The summed E-state index contributed by atoms with van der Waals surface area (Å²) in [6.45, 7) is 2.22. The van der Waals surface area contributed by atoms with Crippen molar-refractivity contribution in [2.45, 2.75) is 13.3 Å². The lowest BCUT2D eigenvalue weighted by Gasteiger charge is -2.14. The van der Waals surface area contributed by atoms with Crippen molar-refractivity contribution in [3.63, 3.8) is 0 Å². The van der Waals surface area contributed by atoms with Gasteiger partial charge in [0.2, 0.25) is 5.91 Å². The van der Waals surface area contributed by atoms with Crippen molar-refractivity contribution < 1.29 is 9.59 Å². The van der Waals surface area contributed by atoms with Crippen LogP contribution in [0.3, 0.4) is 0 Å². The van der Waals surface area contributed by atoms with Crippen molar-refractivity contribution in [1.82, 2.24) is 20.6 Å². The summed E-state index contributed by atoms with van der Waals surface area (Å²) in [5, 5.41) is 15.5. The average Bonchev–Trinajstić information content (AvgIpc) is 3.07. The average molecular weight is 272 g/mol. The van der Waals surface area contributed by atoms with Crippen molar-refractivity contribution >= 4 is 23.2 Å². The highest BCUT2D eigenvalue weighted by Crippen LogP contribution is 2.30. The van der Waals surface area contributed by atoms with Crippen LogP contribution in [0.25, 0.3) is 0 Å². The lowest BCUT2D eigenvalue weighted by molar-refractivity contribution is -0.116. The maximum absolute atomic E-state index is 11.8. The van der Waals surface area contributed by atoms with Gasteiger partial charge in [0.05, 0.1) is 0 Å². The molecule has 0 spiro atoms. The molecule has 0 fully saturated rings. The number of amides is 2. The second-order valence-corrected chi connectivity index (χ2v) is 4.45. The van der Waals surface area contributed by atoms with Crippen molar-refractivity contribution in [1.29, 1.82) is 0 Å². The van der Waals surface area contributed by atoms with E-state index in [2.05, 4.69) is 25.9 Å². The maximum atomic E-state index is 11.8.